The molecule has 5 nitrogen and oxygen atoms in total. The van der Waals surface area contributed by atoms with Crippen LogP contribution in [0.3, 0.4) is 0 Å². The van der Waals surface area contributed by atoms with Gasteiger partial charge in [-0.2, -0.15) is 16.9 Å². The first-order valence-electron chi connectivity index (χ1n) is 9.99. The van der Waals surface area contributed by atoms with Gasteiger partial charge in [0.1, 0.15) is 5.75 Å². The van der Waals surface area contributed by atoms with E-state index in [0.29, 0.717) is 0 Å². The van der Waals surface area contributed by atoms with Crippen LogP contribution in [0.25, 0.3) is 0 Å². The predicted octanol–water partition coefficient (Wildman–Crippen LogP) is 2.95. The molecule has 0 saturated carbocycles. The Hall–Kier alpha value is -1.50. The van der Waals surface area contributed by atoms with Gasteiger partial charge in [-0.05, 0) is 49.7 Å². The van der Waals surface area contributed by atoms with E-state index in [9.17, 15) is 0 Å². The zero-order valence-electron chi connectivity index (χ0n) is 16.2. The molecule has 0 amide bonds. The van der Waals surface area contributed by atoms with Crippen molar-refractivity contribution in [2.45, 2.75) is 32.0 Å². The lowest BCUT2D eigenvalue weighted by Gasteiger charge is -2.40. The topological polar surface area (TPSA) is 33.5 Å². The zero-order chi connectivity index (χ0) is 18.5. The minimum atomic E-state index is 0.749. The van der Waals surface area contributed by atoms with Crippen LogP contribution in [-0.2, 0) is 13.1 Å². The third kappa shape index (κ3) is 4.86. The summed E-state index contributed by atoms with van der Waals surface area (Å²) in [6, 6.07) is 9.36. The van der Waals surface area contributed by atoms with Crippen molar-refractivity contribution in [3.05, 3.63) is 47.8 Å². The molecule has 0 atom stereocenters. The lowest BCUT2D eigenvalue weighted by atomic mass is 10.0. The molecule has 0 unspecified atom stereocenters. The van der Waals surface area contributed by atoms with Gasteiger partial charge in [0.2, 0.25) is 0 Å². The number of nitrogens with zero attached hydrogens (tertiary/aromatic N) is 4. The predicted molar refractivity (Wildman–Crippen MR) is 112 cm³/mol. The fourth-order valence-electron chi connectivity index (χ4n) is 4.27. The second-order valence-electron chi connectivity index (χ2n) is 7.51. The van der Waals surface area contributed by atoms with Crippen LogP contribution in [0.2, 0.25) is 0 Å². The van der Waals surface area contributed by atoms with Crippen molar-refractivity contribution in [3.63, 3.8) is 0 Å². The van der Waals surface area contributed by atoms with E-state index in [0.717, 1.165) is 24.9 Å². The van der Waals surface area contributed by atoms with E-state index >= 15 is 0 Å². The van der Waals surface area contributed by atoms with Crippen LogP contribution in [0.5, 0.6) is 5.75 Å². The van der Waals surface area contributed by atoms with E-state index in [1.54, 1.807) is 7.11 Å². The molecule has 27 heavy (non-hydrogen) atoms. The van der Waals surface area contributed by atoms with Crippen LogP contribution in [0, 0.1) is 0 Å². The summed E-state index contributed by atoms with van der Waals surface area (Å²) in [6.07, 6.45) is 6.43. The van der Waals surface area contributed by atoms with Crippen LogP contribution in [-0.4, -0.2) is 70.4 Å². The minimum absolute atomic E-state index is 0.749. The van der Waals surface area contributed by atoms with Gasteiger partial charge in [0, 0.05) is 55.1 Å². The van der Waals surface area contributed by atoms with Gasteiger partial charge in [-0.3, -0.25) is 14.5 Å². The number of thioether (sulfide) groups is 1. The third-order valence-electron chi connectivity index (χ3n) is 5.76. The Kier molecular flexibility index (Phi) is 6.37. The summed E-state index contributed by atoms with van der Waals surface area (Å²) in [7, 11) is 1.74. The fraction of sp³-hybridized carbons (Fsp3) is 0.571. The summed E-state index contributed by atoms with van der Waals surface area (Å²) in [4.78, 5) is 5.33. The van der Waals surface area contributed by atoms with E-state index in [1.165, 1.54) is 61.7 Å². The van der Waals surface area contributed by atoms with Crippen molar-refractivity contribution >= 4 is 11.8 Å². The maximum Gasteiger partial charge on any atom is 0.123 e. The number of piperidine rings is 1. The number of hydrogen-bond acceptors (Lipinski definition) is 5. The highest BCUT2D eigenvalue weighted by molar-refractivity contribution is 7.99. The maximum atomic E-state index is 5.56. The largest absolute Gasteiger partial charge is 0.496 e. The number of benzene rings is 1. The number of methoxy groups -OCH3 is 1. The normalized spacial score (nSPS) is 20.0. The summed E-state index contributed by atoms with van der Waals surface area (Å²) in [5.41, 5.74) is 2.56. The first-order valence-corrected chi connectivity index (χ1v) is 11.1. The van der Waals surface area contributed by atoms with Crippen molar-refractivity contribution in [2.75, 3.05) is 44.8 Å². The average Bonchev–Trinajstić information content (AvgIpc) is 3.23. The molecule has 0 radical (unpaired) electrons. The molecule has 2 aliphatic rings. The molecule has 0 bridgehead atoms. The Labute approximate surface area is 166 Å². The Morgan fingerprint density at radius 3 is 2.63 bits per heavy atom. The van der Waals surface area contributed by atoms with Crippen molar-refractivity contribution in [2.24, 2.45) is 0 Å². The summed E-state index contributed by atoms with van der Waals surface area (Å²) in [5, 5.41) is 4.33. The van der Waals surface area contributed by atoms with Crippen molar-refractivity contribution in [1.29, 1.82) is 0 Å². The SMILES string of the molecule is COc1ccc(CN2CCC(N3CCSCC3)CC2)cc1Cn1cccn1. The molecule has 1 aromatic carbocycles. The number of rotatable bonds is 6. The van der Waals surface area contributed by atoms with E-state index in [2.05, 4.69) is 44.9 Å². The Balaban J connectivity index is 1.35. The quantitative estimate of drug-likeness (QED) is 0.762. The first-order chi connectivity index (χ1) is 13.3. The molecule has 2 saturated heterocycles. The number of hydrogen-bond donors (Lipinski definition) is 0. The summed E-state index contributed by atoms with van der Waals surface area (Å²) in [6.45, 7) is 6.75. The first kappa shape index (κ1) is 18.8. The highest BCUT2D eigenvalue weighted by Crippen LogP contribution is 2.24. The molecule has 2 fully saturated rings. The molecule has 1 aromatic heterocycles. The molecule has 4 rings (SSSR count). The second-order valence-corrected chi connectivity index (χ2v) is 8.73. The molecular formula is C21H30N4OS. The van der Waals surface area contributed by atoms with Gasteiger partial charge in [0.15, 0.2) is 0 Å². The van der Waals surface area contributed by atoms with Crippen LogP contribution in [0.4, 0.5) is 0 Å². The molecule has 0 N–H and O–H groups in total. The number of ether oxygens (including phenoxy) is 1. The van der Waals surface area contributed by atoms with Crippen LogP contribution in [0.1, 0.15) is 24.0 Å². The van der Waals surface area contributed by atoms with E-state index < -0.39 is 0 Å². The maximum absolute atomic E-state index is 5.56. The lowest BCUT2D eigenvalue weighted by Crippen LogP contribution is -2.47. The van der Waals surface area contributed by atoms with Gasteiger partial charge in [0.05, 0.1) is 13.7 Å². The van der Waals surface area contributed by atoms with Crippen molar-refractivity contribution < 1.29 is 4.74 Å². The fourth-order valence-corrected chi connectivity index (χ4v) is 5.20. The van der Waals surface area contributed by atoms with Crippen LogP contribution < -0.4 is 4.74 Å². The smallest absolute Gasteiger partial charge is 0.123 e. The Morgan fingerprint density at radius 1 is 1.11 bits per heavy atom. The monoisotopic (exact) mass is 386 g/mol. The van der Waals surface area contributed by atoms with Gasteiger partial charge >= 0.3 is 0 Å². The number of likely N-dealkylation sites (tertiary alicyclic amines) is 1. The molecule has 3 heterocycles. The van der Waals surface area contributed by atoms with E-state index in [1.807, 2.05) is 23.1 Å². The van der Waals surface area contributed by atoms with Gasteiger partial charge in [-0.15, -0.1) is 0 Å². The Morgan fingerprint density at radius 2 is 1.93 bits per heavy atom. The second kappa shape index (κ2) is 9.13. The summed E-state index contributed by atoms with van der Waals surface area (Å²) < 4.78 is 7.51. The van der Waals surface area contributed by atoms with Gasteiger partial charge in [-0.1, -0.05) is 6.07 Å². The molecule has 146 valence electrons. The van der Waals surface area contributed by atoms with Crippen molar-refractivity contribution in [3.8, 4) is 5.75 Å². The molecule has 6 heteroatoms. The number of aromatic nitrogens is 2. The lowest BCUT2D eigenvalue weighted by molar-refractivity contribution is 0.112. The molecule has 2 aromatic rings. The standard InChI is InChI=1S/C21H30N4OS/c1-26-21-4-3-18(15-19(21)17-25-8-2-7-22-25)16-23-9-5-20(6-10-23)24-11-13-27-14-12-24/h2-4,7-8,15,20H,5-6,9-14,16-17H2,1H3. The molecule has 0 aliphatic carbocycles. The Bertz CT molecular complexity index is 707. The van der Waals surface area contributed by atoms with E-state index in [4.69, 9.17) is 4.74 Å². The average molecular weight is 387 g/mol. The summed E-state index contributed by atoms with van der Waals surface area (Å²) in [5.74, 6) is 3.56. The van der Waals surface area contributed by atoms with E-state index in [-0.39, 0.29) is 0 Å². The highest BCUT2D eigenvalue weighted by Gasteiger charge is 2.25. The highest BCUT2D eigenvalue weighted by atomic mass is 32.2. The van der Waals surface area contributed by atoms with Crippen LogP contribution >= 0.6 is 11.8 Å². The molecule has 2 aliphatic heterocycles. The van der Waals surface area contributed by atoms with Crippen molar-refractivity contribution in [1.82, 2.24) is 19.6 Å². The van der Waals surface area contributed by atoms with Gasteiger partial charge in [0.25, 0.3) is 0 Å². The molecular weight excluding hydrogens is 356 g/mol. The molecule has 0 spiro atoms. The van der Waals surface area contributed by atoms with Gasteiger partial charge in [-0.25, -0.2) is 0 Å². The third-order valence-corrected chi connectivity index (χ3v) is 6.70. The minimum Gasteiger partial charge on any atom is -0.496 e. The summed E-state index contributed by atoms with van der Waals surface area (Å²) >= 11 is 2.10. The van der Waals surface area contributed by atoms with Gasteiger partial charge < -0.3 is 4.74 Å². The zero-order valence-corrected chi connectivity index (χ0v) is 17.0. The van der Waals surface area contributed by atoms with Crippen LogP contribution in [0.15, 0.2) is 36.7 Å².